The van der Waals surface area contributed by atoms with Gasteiger partial charge in [-0.05, 0) is 29.4 Å². The van der Waals surface area contributed by atoms with Crippen LogP contribution >= 0.6 is 11.8 Å². The summed E-state index contributed by atoms with van der Waals surface area (Å²) in [4.78, 5) is 45.2. The van der Waals surface area contributed by atoms with Crippen LogP contribution in [0, 0.1) is 0 Å². The van der Waals surface area contributed by atoms with E-state index in [1.807, 2.05) is 66.1 Å². The summed E-state index contributed by atoms with van der Waals surface area (Å²) < 4.78 is 7.32. The third-order valence-electron chi connectivity index (χ3n) is 5.69. The number of hydrogen-bond acceptors (Lipinski definition) is 7. The van der Waals surface area contributed by atoms with Gasteiger partial charge in [0.2, 0.25) is 5.88 Å². The summed E-state index contributed by atoms with van der Waals surface area (Å²) >= 11 is 1.24. The molecule has 9 nitrogen and oxygen atoms in total. The molecule has 0 bridgehead atoms. The van der Waals surface area contributed by atoms with E-state index in [4.69, 9.17) is 15.6 Å². The quantitative estimate of drug-likeness (QED) is 0.145. The van der Waals surface area contributed by atoms with Gasteiger partial charge >= 0.3 is 5.97 Å². The highest BCUT2D eigenvalue weighted by Crippen LogP contribution is 2.35. The number of carbonyl (C=O) groups excluding carboxylic acids is 2. The van der Waals surface area contributed by atoms with E-state index in [9.17, 15) is 14.4 Å². The van der Waals surface area contributed by atoms with Crippen LogP contribution in [0.2, 0.25) is 0 Å². The van der Waals surface area contributed by atoms with E-state index in [2.05, 4.69) is 9.97 Å². The first-order chi connectivity index (χ1) is 17.3. The molecule has 3 N–H and O–H groups in total. The molecule has 0 atom stereocenters. The Kier molecular flexibility index (Phi) is 7.35. The van der Waals surface area contributed by atoms with E-state index in [0.29, 0.717) is 29.5 Å². The second kappa shape index (κ2) is 10.6. The minimum Gasteiger partial charge on any atom is -0.479 e. The van der Waals surface area contributed by atoms with E-state index in [1.54, 1.807) is 6.26 Å². The zero-order chi connectivity index (χ0) is 25.8. The number of aromatic nitrogens is 3. The number of carboxylic acid groups (broad SMARTS) is 1. The number of carboxylic acids is 1. The second-order valence-electron chi connectivity index (χ2n) is 7.87. The SMILES string of the molecule is CCc1c(C(=O)C(N)=O)c2c(OCC(=O)O)nc(SC)nc2n1Cc1ccccc1-c1ccccc1. The molecule has 0 aliphatic rings. The first kappa shape index (κ1) is 24.9. The molecule has 1 amide bonds. The maximum Gasteiger partial charge on any atom is 0.341 e. The smallest absolute Gasteiger partial charge is 0.341 e. The molecular weight excluding hydrogens is 480 g/mol. The summed E-state index contributed by atoms with van der Waals surface area (Å²) in [6, 6.07) is 17.8. The molecule has 0 saturated heterocycles. The Balaban J connectivity index is 2.00. The molecule has 0 fully saturated rings. The summed E-state index contributed by atoms with van der Waals surface area (Å²) in [7, 11) is 0. The van der Waals surface area contributed by atoms with Gasteiger partial charge in [-0.1, -0.05) is 73.3 Å². The molecule has 10 heteroatoms. The molecule has 4 rings (SSSR count). The number of Topliss-reactive ketones (excluding diaryl/α,β-unsaturated/α-hetero) is 1. The normalized spacial score (nSPS) is 10.9. The van der Waals surface area contributed by atoms with Crippen LogP contribution in [0.5, 0.6) is 5.88 Å². The van der Waals surface area contributed by atoms with E-state index in [-0.39, 0.29) is 16.8 Å². The molecular formula is C26H24N4O5S. The lowest BCUT2D eigenvalue weighted by Gasteiger charge is -2.14. The van der Waals surface area contributed by atoms with Crippen LogP contribution in [0.25, 0.3) is 22.2 Å². The van der Waals surface area contributed by atoms with Crippen molar-refractivity contribution in [2.24, 2.45) is 5.73 Å². The zero-order valence-electron chi connectivity index (χ0n) is 19.7. The summed E-state index contributed by atoms with van der Waals surface area (Å²) in [6.45, 7) is 1.51. The molecule has 184 valence electrons. The zero-order valence-corrected chi connectivity index (χ0v) is 20.5. The number of nitrogens with zero attached hydrogens (tertiary/aromatic N) is 3. The largest absolute Gasteiger partial charge is 0.479 e. The molecule has 0 unspecified atom stereocenters. The number of ether oxygens (including phenoxy) is 1. The van der Waals surface area contributed by atoms with Crippen LogP contribution < -0.4 is 10.5 Å². The molecule has 0 radical (unpaired) electrons. The van der Waals surface area contributed by atoms with Gasteiger partial charge in [0.15, 0.2) is 11.8 Å². The van der Waals surface area contributed by atoms with Gasteiger partial charge < -0.3 is 20.1 Å². The third kappa shape index (κ3) is 4.80. The van der Waals surface area contributed by atoms with Crippen molar-refractivity contribution in [2.45, 2.75) is 25.0 Å². The maximum atomic E-state index is 13.0. The lowest BCUT2D eigenvalue weighted by Crippen LogP contribution is -2.24. The van der Waals surface area contributed by atoms with E-state index in [1.165, 1.54) is 11.8 Å². The van der Waals surface area contributed by atoms with Crippen molar-refractivity contribution in [3.05, 3.63) is 71.4 Å². The summed E-state index contributed by atoms with van der Waals surface area (Å²) in [5.74, 6) is -3.33. The Labute approximate surface area is 211 Å². The van der Waals surface area contributed by atoms with Crippen LogP contribution in [0.1, 0.15) is 28.5 Å². The number of hydrogen-bond donors (Lipinski definition) is 2. The van der Waals surface area contributed by atoms with Gasteiger partial charge in [0.05, 0.1) is 10.9 Å². The molecule has 0 saturated carbocycles. The van der Waals surface area contributed by atoms with Gasteiger partial charge in [-0.2, -0.15) is 4.98 Å². The van der Waals surface area contributed by atoms with E-state index in [0.717, 1.165) is 16.7 Å². The lowest BCUT2D eigenvalue weighted by molar-refractivity contribution is -0.139. The van der Waals surface area contributed by atoms with Crippen LogP contribution in [0.3, 0.4) is 0 Å². The fourth-order valence-corrected chi connectivity index (χ4v) is 4.54. The van der Waals surface area contributed by atoms with Crippen molar-refractivity contribution in [3.63, 3.8) is 0 Å². The highest BCUT2D eigenvalue weighted by Gasteiger charge is 2.30. The molecule has 0 aliphatic carbocycles. The number of nitrogens with two attached hydrogens (primary N) is 1. The van der Waals surface area contributed by atoms with Crippen molar-refractivity contribution in [3.8, 4) is 17.0 Å². The van der Waals surface area contributed by atoms with Crippen molar-refractivity contribution < 1.29 is 24.2 Å². The molecule has 0 aliphatic heterocycles. The topological polar surface area (TPSA) is 137 Å². The molecule has 0 spiro atoms. The molecule has 2 heterocycles. The number of rotatable bonds is 10. The minimum atomic E-state index is -1.21. The molecule has 4 aromatic rings. The van der Waals surface area contributed by atoms with Gasteiger partial charge in [-0.15, -0.1) is 0 Å². The Morgan fingerprint density at radius 2 is 1.75 bits per heavy atom. The number of amides is 1. The number of benzene rings is 2. The average Bonchev–Trinajstić information content (AvgIpc) is 3.20. The number of ketones is 1. The van der Waals surface area contributed by atoms with Crippen LogP contribution in [-0.2, 0) is 22.6 Å². The predicted octanol–water partition coefficient (Wildman–Crippen LogP) is 3.56. The first-order valence-electron chi connectivity index (χ1n) is 11.1. The highest BCUT2D eigenvalue weighted by molar-refractivity contribution is 7.98. The van der Waals surface area contributed by atoms with Crippen molar-refractivity contribution in [1.82, 2.24) is 14.5 Å². The molecule has 2 aromatic heterocycles. The summed E-state index contributed by atoms with van der Waals surface area (Å²) in [5, 5.41) is 9.66. The number of primary amides is 1. The maximum absolute atomic E-state index is 13.0. The minimum absolute atomic E-state index is 0.0326. The number of carbonyl (C=O) groups is 3. The van der Waals surface area contributed by atoms with Gasteiger partial charge in [0.1, 0.15) is 5.65 Å². The van der Waals surface area contributed by atoms with E-state index < -0.39 is 24.3 Å². The number of thioether (sulfide) groups is 1. The Bertz CT molecular complexity index is 1470. The fourth-order valence-electron chi connectivity index (χ4n) is 4.19. The summed E-state index contributed by atoms with van der Waals surface area (Å²) in [6.07, 6.45) is 2.15. The monoisotopic (exact) mass is 504 g/mol. The van der Waals surface area contributed by atoms with E-state index >= 15 is 0 Å². The first-order valence-corrected chi connectivity index (χ1v) is 12.4. The van der Waals surface area contributed by atoms with Crippen molar-refractivity contribution in [2.75, 3.05) is 12.9 Å². The Morgan fingerprint density at radius 1 is 1.06 bits per heavy atom. The number of fused-ring (bicyclic) bond motifs is 1. The van der Waals surface area contributed by atoms with Gasteiger partial charge in [0, 0.05) is 12.2 Å². The lowest BCUT2D eigenvalue weighted by atomic mass is 9.99. The van der Waals surface area contributed by atoms with Crippen molar-refractivity contribution in [1.29, 1.82) is 0 Å². The highest BCUT2D eigenvalue weighted by atomic mass is 32.2. The summed E-state index contributed by atoms with van der Waals surface area (Å²) in [5.41, 5.74) is 9.32. The van der Waals surface area contributed by atoms with Gasteiger partial charge in [-0.25, -0.2) is 9.78 Å². The number of aliphatic carboxylic acids is 1. The van der Waals surface area contributed by atoms with Gasteiger partial charge in [-0.3, -0.25) is 9.59 Å². The van der Waals surface area contributed by atoms with Crippen molar-refractivity contribution >= 4 is 40.5 Å². The van der Waals surface area contributed by atoms with Crippen LogP contribution in [0.4, 0.5) is 0 Å². The standard InChI is InChI=1S/C26H24N4O5S/c1-3-18-20(22(33)23(27)34)21-24(28-26(36-2)29-25(21)35-14-19(31)32)30(18)13-16-11-7-8-12-17(16)15-9-5-4-6-10-15/h4-12H,3,13-14H2,1-2H3,(H2,27,34)(H,31,32). The van der Waals surface area contributed by atoms with Crippen LogP contribution in [0.15, 0.2) is 59.8 Å². The average molecular weight is 505 g/mol. The Morgan fingerprint density at radius 3 is 2.39 bits per heavy atom. The predicted molar refractivity (Wildman–Crippen MR) is 136 cm³/mol. The fraction of sp³-hybridized carbons (Fsp3) is 0.192. The van der Waals surface area contributed by atoms with Gasteiger partial charge in [0.25, 0.3) is 11.7 Å². The Hall–Kier alpha value is -4.18. The second-order valence-corrected chi connectivity index (χ2v) is 8.65. The van der Waals surface area contributed by atoms with Crippen LogP contribution in [-0.4, -0.2) is 50.2 Å². The molecule has 2 aromatic carbocycles. The third-order valence-corrected chi connectivity index (χ3v) is 6.24. The molecule has 36 heavy (non-hydrogen) atoms.